The topological polar surface area (TPSA) is 96.7 Å². The molecule has 0 aromatic carbocycles. The molecular formula is C14H19N5O. The molecule has 6 heteroatoms. The van der Waals surface area contributed by atoms with Gasteiger partial charge in [0.25, 0.3) is 5.91 Å². The predicted octanol–water partition coefficient (Wildman–Crippen LogP) is 2.38. The van der Waals surface area contributed by atoms with Crippen molar-refractivity contribution in [2.24, 2.45) is 0 Å². The number of aromatic amines is 1. The van der Waals surface area contributed by atoms with Gasteiger partial charge in [-0.15, -0.1) is 0 Å². The van der Waals surface area contributed by atoms with Crippen LogP contribution in [0.3, 0.4) is 0 Å². The first kappa shape index (κ1) is 14.0. The van der Waals surface area contributed by atoms with Gasteiger partial charge in [0.2, 0.25) is 0 Å². The smallest absolute Gasteiger partial charge is 0.255 e. The second-order valence-corrected chi connectivity index (χ2v) is 5.12. The highest BCUT2D eigenvalue weighted by molar-refractivity contribution is 6.05. The van der Waals surface area contributed by atoms with Crippen molar-refractivity contribution in [3.63, 3.8) is 0 Å². The van der Waals surface area contributed by atoms with Crippen LogP contribution in [0.2, 0.25) is 0 Å². The molecule has 0 aliphatic heterocycles. The van der Waals surface area contributed by atoms with Crippen LogP contribution in [-0.2, 0) is 0 Å². The van der Waals surface area contributed by atoms with Crippen LogP contribution in [-0.4, -0.2) is 21.1 Å². The van der Waals surface area contributed by atoms with E-state index < -0.39 is 0 Å². The molecule has 0 saturated heterocycles. The van der Waals surface area contributed by atoms with E-state index >= 15 is 0 Å². The maximum absolute atomic E-state index is 12.3. The van der Waals surface area contributed by atoms with Gasteiger partial charge in [-0.3, -0.25) is 9.89 Å². The second kappa shape index (κ2) is 5.32. The summed E-state index contributed by atoms with van der Waals surface area (Å²) in [5, 5.41) is 9.73. The van der Waals surface area contributed by atoms with Crippen molar-refractivity contribution in [1.29, 1.82) is 0 Å². The number of hydrogen-bond acceptors (Lipinski definition) is 4. The lowest BCUT2D eigenvalue weighted by atomic mass is 10.1. The molecule has 2 rings (SSSR count). The number of nitrogen functional groups attached to an aromatic ring is 1. The summed E-state index contributed by atoms with van der Waals surface area (Å²) in [6.07, 6.45) is 0. The van der Waals surface area contributed by atoms with Crippen LogP contribution < -0.4 is 11.1 Å². The van der Waals surface area contributed by atoms with Gasteiger partial charge in [-0.1, -0.05) is 13.8 Å². The normalized spacial score (nSPS) is 10.8. The number of anilines is 2. The third-order valence-corrected chi connectivity index (χ3v) is 3.09. The van der Waals surface area contributed by atoms with Crippen molar-refractivity contribution < 1.29 is 4.79 Å². The third kappa shape index (κ3) is 2.79. The maximum Gasteiger partial charge on any atom is 0.255 e. The molecule has 20 heavy (non-hydrogen) atoms. The number of rotatable bonds is 3. The number of aromatic nitrogens is 3. The maximum atomic E-state index is 12.3. The molecular weight excluding hydrogens is 254 g/mol. The molecule has 0 radical (unpaired) electrons. The number of nitrogens with one attached hydrogen (secondary N) is 2. The molecule has 0 bridgehead atoms. The number of nitrogens with zero attached hydrogens (tertiary/aromatic N) is 2. The number of carbonyl (C=O) groups excluding carboxylic acids is 1. The minimum Gasteiger partial charge on any atom is -0.384 e. The quantitative estimate of drug-likeness (QED) is 0.799. The zero-order chi connectivity index (χ0) is 14.9. The summed E-state index contributed by atoms with van der Waals surface area (Å²) in [4.78, 5) is 16.5. The second-order valence-electron chi connectivity index (χ2n) is 5.12. The highest BCUT2D eigenvalue weighted by Gasteiger charge is 2.14. The van der Waals surface area contributed by atoms with E-state index in [9.17, 15) is 4.79 Å². The number of nitrogens with two attached hydrogens (primary N) is 1. The first-order valence-electron chi connectivity index (χ1n) is 6.49. The molecule has 2 aromatic heterocycles. The summed E-state index contributed by atoms with van der Waals surface area (Å²) in [6, 6.07) is 3.34. The Hall–Kier alpha value is -2.37. The Kier molecular flexibility index (Phi) is 3.74. The van der Waals surface area contributed by atoms with Crippen LogP contribution >= 0.6 is 0 Å². The van der Waals surface area contributed by atoms with Gasteiger partial charge in [0.15, 0.2) is 0 Å². The van der Waals surface area contributed by atoms with E-state index in [4.69, 9.17) is 5.73 Å². The van der Waals surface area contributed by atoms with Crippen LogP contribution in [0.4, 0.5) is 11.5 Å². The monoisotopic (exact) mass is 273 g/mol. The minimum atomic E-state index is -0.214. The van der Waals surface area contributed by atoms with Gasteiger partial charge in [0.1, 0.15) is 5.82 Å². The van der Waals surface area contributed by atoms with Gasteiger partial charge in [-0.05, 0) is 31.9 Å². The standard InChI is InChI=1S/C14H19N5O/c1-7(2)11-5-10(6-12(15)16-11)14(20)17-13-8(3)18-19-9(13)4/h5-7H,1-4H3,(H2,15,16)(H,17,20)(H,18,19). The summed E-state index contributed by atoms with van der Waals surface area (Å²) in [6.45, 7) is 7.71. The SMILES string of the molecule is Cc1n[nH]c(C)c1NC(=O)c1cc(N)nc(C(C)C)c1. The van der Waals surface area contributed by atoms with Gasteiger partial charge < -0.3 is 11.1 Å². The molecule has 4 N–H and O–H groups in total. The van der Waals surface area contributed by atoms with Crippen molar-refractivity contribution in [3.8, 4) is 0 Å². The van der Waals surface area contributed by atoms with Crippen molar-refractivity contribution in [2.45, 2.75) is 33.6 Å². The first-order valence-corrected chi connectivity index (χ1v) is 6.49. The molecule has 0 aliphatic rings. The molecule has 0 atom stereocenters. The summed E-state index contributed by atoms with van der Waals surface area (Å²) >= 11 is 0. The largest absolute Gasteiger partial charge is 0.384 e. The van der Waals surface area contributed by atoms with Gasteiger partial charge in [-0.2, -0.15) is 5.10 Å². The van der Waals surface area contributed by atoms with Crippen LogP contribution in [0.1, 0.15) is 47.2 Å². The average molecular weight is 273 g/mol. The lowest BCUT2D eigenvalue weighted by Crippen LogP contribution is -2.14. The molecule has 0 unspecified atom stereocenters. The van der Waals surface area contributed by atoms with E-state index in [0.29, 0.717) is 17.1 Å². The predicted molar refractivity (Wildman–Crippen MR) is 78.8 cm³/mol. The Labute approximate surface area is 117 Å². The highest BCUT2D eigenvalue weighted by atomic mass is 16.1. The average Bonchev–Trinajstić information content (AvgIpc) is 2.69. The fourth-order valence-corrected chi connectivity index (χ4v) is 1.92. The van der Waals surface area contributed by atoms with Crippen LogP contribution in [0.25, 0.3) is 0 Å². The van der Waals surface area contributed by atoms with E-state index in [1.807, 2.05) is 27.7 Å². The zero-order valence-electron chi connectivity index (χ0n) is 12.1. The van der Waals surface area contributed by atoms with Crippen LogP contribution in [0.15, 0.2) is 12.1 Å². The van der Waals surface area contributed by atoms with Crippen molar-refractivity contribution in [3.05, 3.63) is 34.8 Å². The number of hydrogen-bond donors (Lipinski definition) is 3. The van der Waals surface area contributed by atoms with Crippen LogP contribution in [0.5, 0.6) is 0 Å². The summed E-state index contributed by atoms with van der Waals surface area (Å²) in [5.74, 6) is 0.345. The van der Waals surface area contributed by atoms with E-state index in [2.05, 4.69) is 20.5 Å². The Balaban J connectivity index is 2.30. The van der Waals surface area contributed by atoms with Gasteiger partial charge in [0, 0.05) is 11.3 Å². The van der Waals surface area contributed by atoms with Crippen LogP contribution in [0, 0.1) is 13.8 Å². The summed E-state index contributed by atoms with van der Waals surface area (Å²) < 4.78 is 0. The molecule has 2 aromatic rings. The molecule has 0 saturated carbocycles. The van der Waals surface area contributed by atoms with Gasteiger partial charge >= 0.3 is 0 Å². The number of H-pyrrole nitrogens is 1. The van der Waals surface area contributed by atoms with Crippen molar-refractivity contribution in [2.75, 3.05) is 11.1 Å². The van der Waals surface area contributed by atoms with E-state index in [0.717, 1.165) is 17.1 Å². The summed E-state index contributed by atoms with van der Waals surface area (Å²) in [5.41, 5.74) is 9.34. The van der Waals surface area contributed by atoms with Crippen molar-refractivity contribution in [1.82, 2.24) is 15.2 Å². The Morgan fingerprint density at radius 2 is 2.05 bits per heavy atom. The van der Waals surface area contributed by atoms with Gasteiger partial charge in [0.05, 0.1) is 17.1 Å². The number of pyridine rings is 1. The Bertz CT molecular complexity index is 626. The Morgan fingerprint density at radius 1 is 1.35 bits per heavy atom. The number of amides is 1. The van der Waals surface area contributed by atoms with E-state index in [-0.39, 0.29) is 11.8 Å². The first-order chi connectivity index (χ1) is 9.38. The zero-order valence-corrected chi connectivity index (χ0v) is 12.1. The Morgan fingerprint density at radius 3 is 2.60 bits per heavy atom. The van der Waals surface area contributed by atoms with Gasteiger partial charge in [-0.25, -0.2) is 4.98 Å². The molecule has 0 spiro atoms. The molecule has 2 heterocycles. The minimum absolute atomic E-state index is 0.211. The molecule has 1 amide bonds. The molecule has 106 valence electrons. The highest BCUT2D eigenvalue weighted by Crippen LogP contribution is 2.20. The number of aryl methyl sites for hydroxylation is 2. The third-order valence-electron chi connectivity index (χ3n) is 3.09. The number of carbonyl (C=O) groups is 1. The fraction of sp³-hybridized carbons (Fsp3) is 0.357. The molecule has 0 fully saturated rings. The summed E-state index contributed by atoms with van der Waals surface area (Å²) in [7, 11) is 0. The lowest BCUT2D eigenvalue weighted by molar-refractivity contribution is 0.102. The lowest BCUT2D eigenvalue weighted by Gasteiger charge is -2.10. The molecule has 0 aliphatic carbocycles. The fourth-order valence-electron chi connectivity index (χ4n) is 1.92. The molecule has 6 nitrogen and oxygen atoms in total. The van der Waals surface area contributed by atoms with E-state index in [1.165, 1.54) is 0 Å². The van der Waals surface area contributed by atoms with Crippen molar-refractivity contribution >= 4 is 17.4 Å². The van der Waals surface area contributed by atoms with E-state index in [1.54, 1.807) is 12.1 Å².